The van der Waals surface area contributed by atoms with Gasteiger partial charge in [0.2, 0.25) is 0 Å². The third-order valence-corrected chi connectivity index (χ3v) is 3.21. The Bertz CT molecular complexity index is 390. The van der Waals surface area contributed by atoms with Crippen molar-refractivity contribution >= 4 is 23.4 Å². The van der Waals surface area contributed by atoms with Gasteiger partial charge in [-0.3, -0.25) is 4.79 Å². The van der Waals surface area contributed by atoms with Crippen molar-refractivity contribution in [2.24, 2.45) is 5.41 Å². The Morgan fingerprint density at radius 2 is 2.25 bits per heavy atom. The smallest absolute Gasteiger partial charge is 0.311 e. The molecule has 5 nitrogen and oxygen atoms in total. The van der Waals surface area contributed by atoms with Crippen molar-refractivity contribution in [3.05, 3.63) is 17.3 Å². The van der Waals surface area contributed by atoms with E-state index in [4.69, 9.17) is 16.7 Å². The lowest BCUT2D eigenvalue weighted by molar-refractivity contribution is -0.153. The molecule has 0 aromatic carbocycles. The summed E-state index contributed by atoms with van der Waals surface area (Å²) < 4.78 is 0. The van der Waals surface area contributed by atoms with E-state index in [0.717, 1.165) is 19.3 Å². The zero-order valence-corrected chi connectivity index (χ0v) is 9.37. The number of carbonyl (C=O) groups is 1. The van der Waals surface area contributed by atoms with E-state index in [1.807, 2.05) is 0 Å². The summed E-state index contributed by atoms with van der Waals surface area (Å²) in [6.45, 7) is 0.388. The van der Waals surface area contributed by atoms with Gasteiger partial charge in [0.25, 0.3) is 0 Å². The summed E-state index contributed by atoms with van der Waals surface area (Å²) in [5.74, 6) is -0.190. The Hall–Kier alpha value is -1.36. The second-order valence-corrected chi connectivity index (χ2v) is 4.42. The molecule has 0 atom stereocenters. The first-order chi connectivity index (χ1) is 7.62. The Balaban J connectivity index is 1.96. The number of halogens is 1. The van der Waals surface area contributed by atoms with Crippen molar-refractivity contribution in [2.45, 2.75) is 19.3 Å². The minimum Gasteiger partial charge on any atom is -0.481 e. The molecule has 0 amide bonds. The van der Waals surface area contributed by atoms with Crippen LogP contribution in [0.5, 0.6) is 0 Å². The average molecular weight is 242 g/mol. The van der Waals surface area contributed by atoms with Crippen LogP contribution < -0.4 is 5.32 Å². The van der Waals surface area contributed by atoms with Crippen LogP contribution >= 0.6 is 11.6 Å². The summed E-state index contributed by atoms with van der Waals surface area (Å²) in [5.41, 5.74) is -0.624. The van der Waals surface area contributed by atoms with Gasteiger partial charge < -0.3 is 10.4 Å². The maximum absolute atomic E-state index is 11.1. The van der Waals surface area contributed by atoms with Crippen LogP contribution in [0.4, 0.5) is 5.82 Å². The number of carboxylic acids is 1. The normalized spacial score (nSPS) is 17.6. The zero-order valence-electron chi connectivity index (χ0n) is 8.61. The highest BCUT2D eigenvalue weighted by atomic mass is 35.5. The van der Waals surface area contributed by atoms with Gasteiger partial charge in [0.15, 0.2) is 5.15 Å². The van der Waals surface area contributed by atoms with E-state index in [1.54, 1.807) is 12.1 Å². The molecular weight excluding hydrogens is 230 g/mol. The molecule has 1 aromatic heterocycles. The largest absolute Gasteiger partial charge is 0.481 e. The molecule has 2 rings (SSSR count). The molecule has 1 saturated carbocycles. The highest BCUT2D eigenvalue weighted by molar-refractivity contribution is 6.29. The van der Waals surface area contributed by atoms with E-state index in [-0.39, 0.29) is 0 Å². The number of rotatable bonds is 4. The number of hydrogen-bond donors (Lipinski definition) is 2. The molecule has 0 spiro atoms. The SMILES string of the molecule is O=C(O)C1(CNc2ccc(Cl)nn2)CCC1. The quantitative estimate of drug-likeness (QED) is 0.841. The maximum atomic E-state index is 11.1. The van der Waals surface area contributed by atoms with Crippen molar-refractivity contribution in [1.82, 2.24) is 10.2 Å². The summed E-state index contributed by atoms with van der Waals surface area (Å²) in [7, 11) is 0. The van der Waals surface area contributed by atoms with Gasteiger partial charge in [-0.15, -0.1) is 10.2 Å². The zero-order chi connectivity index (χ0) is 11.6. The predicted molar refractivity (Wildman–Crippen MR) is 59.5 cm³/mol. The molecular formula is C10H12ClN3O2. The molecule has 86 valence electrons. The number of nitrogens with zero attached hydrogens (tertiary/aromatic N) is 2. The summed E-state index contributed by atoms with van der Waals surface area (Å²) in [6, 6.07) is 3.30. The standard InChI is InChI=1S/C10H12ClN3O2/c11-7-2-3-8(14-13-7)12-6-10(9(15)16)4-1-5-10/h2-3H,1,4-6H2,(H,12,14)(H,15,16). The van der Waals surface area contributed by atoms with E-state index in [2.05, 4.69) is 15.5 Å². The van der Waals surface area contributed by atoms with Gasteiger partial charge in [-0.25, -0.2) is 0 Å². The predicted octanol–water partition coefficient (Wildman–Crippen LogP) is 1.80. The summed E-state index contributed by atoms with van der Waals surface area (Å²) in [5, 5.41) is 19.9. The molecule has 1 heterocycles. The topological polar surface area (TPSA) is 75.1 Å². The van der Waals surface area contributed by atoms with Crippen molar-refractivity contribution in [2.75, 3.05) is 11.9 Å². The number of aliphatic carboxylic acids is 1. The molecule has 1 aliphatic rings. The van der Waals surface area contributed by atoms with Crippen LogP contribution in [0.15, 0.2) is 12.1 Å². The summed E-state index contributed by atoms with van der Waals surface area (Å²) >= 11 is 5.60. The van der Waals surface area contributed by atoms with Crippen LogP contribution in [0, 0.1) is 5.41 Å². The highest BCUT2D eigenvalue weighted by Crippen LogP contribution is 2.41. The first-order valence-electron chi connectivity index (χ1n) is 5.09. The van der Waals surface area contributed by atoms with Gasteiger partial charge in [-0.2, -0.15) is 0 Å². The Labute approximate surface area is 97.8 Å². The lowest BCUT2D eigenvalue weighted by Gasteiger charge is -2.37. The van der Waals surface area contributed by atoms with Crippen LogP contribution in [-0.4, -0.2) is 27.8 Å². The lowest BCUT2D eigenvalue weighted by atomic mass is 9.69. The minimum atomic E-state index is -0.742. The fourth-order valence-electron chi connectivity index (χ4n) is 1.74. The van der Waals surface area contributed by atoms with Crippen molar-refractivity contribution in [3.63, 3.8) is 0 Å². The van der Waals surface area contributed by atoms with Crippen LogP contribution in [0.1, 0.15) is 19.3 Å². The minimum absolute atomic E-state index is 0.321. The van der Waals surface area contributed by atoms with Gasteiger partial charge in [-0.1, -0.05) is 18.0 Å². The third-order valence-electron chi connectivity index (χ3n) is 3.00. The van der Waals surface area contributed by atoms with Crippen molar-refractivity contribution in [3.8, 4) is 0 Å². The monoisotopic (exact) mass is 241 g/mol. The summed E-state index contributed by atoms with van der Waals surface area (Å²) in [6.07, 6.45) is 2.41. The molecule has 0 aliphatic heterocycles. The maximum Gasteiger partial charge on any atom is 0.311 e. The molecule has 1 aliphatic carbocycles. The van der Waals surface area contributed by atoms with Gasteiger partial charge in [-0.05, 0) is 25.0 Å². The molecule has 0 saturated heterocycles. The van der Waals surface area contributed by atoms with Gasteiger partial charge >= 0.3 is 5.97 Å². The highest BCUT2D eigenvalue weighted by Gasteiger charge is 2.44. The molecule has 2 N–H and O–H groups in total. The Kier molecular flexibility index (Phi) is 2.96. The number of aromatic nitrogens is 2. The molecule has 6 heteroatoms. The van der Waals surface area contributed by atoms with Gasteiger partial charge in [0.1, 0.15) is 5.82 Å². The van der Waals surface area contributed by atoms with E-state index < -0.39 is 11.4 Å². The third kappa shape index (κ3) is 2.09. The fourth-order valence-corrected chi connectivity index (χ4v) is 1.84. The Morgan fingerprint density at radius 3 is 2.69 bits per heavy atom. The molecule has 1 aromatic rings. The first kappa shape index (κ1) is 11.1. The van der Waals surface area contributed by atoms with Crippen LogP contribution in [0.3, 0.4) is 0 Å². The van der Waals surface area contributed by atoms with Crippen LogP contribution in [-0.2, 0) is 4.79 Å². The average Bonchev–Trinajstić information content (AvgIpc) is 2.18. The lowest BCUT2D eigenvalue weighted by Crippen LogP contribution is -2.43. The van der Waals surface area contributed by atoms with E-state index in [0.29, 0.717) is 17.5 Å². The first-order valence-corrected chi connectivity index (χ1v) is 5.47. The van der Waals surface area contributed by atoms with Gasteiger partial charge in [0, 0.05) is 6.54 Å². The number of hydrogen-bond acceptors (Lipinski definition) is 4. The van der Waals surface area contributed by atoms with Crippen molar-refractivity contribution < 1.29 is 9.90 Å². The van der Waals surface area contributed by atoms with Crippen LogP contribution in [0.2, 0.25) is 5.15 Å². The number of anilines is 1. The second kappa shape index (κ2) is 4.25. The molecule has 0 unspecified atom stereocenters. The van der Waals surface area contributed by atoms with Crippen molar-refractivity contribution in [1.29, 1.82) is 0 Å². The molecule has 0 bridgehead atoms. The second-order valence-electron chi connectivity index (χ2n) is 4.03. The number of nitrogens with one attached hydrogen (secondary N) is 1. The van der Waals surface area contributed by atoms with E-state index >= 15 is 0 Å². The van der Waals surface area contributed by atoms with Crippen LogP contribution in [0.25, 0.3) is 0 Å². The molecule has 0 radical (unpaired) electrons. The molecule has 1 fully saturated rings. The Morgan fingerprint density at radius 1 is 1.50 bits per heavy atom. The van der Waals surface area contributed by atoms with Gasteiger partial charge in [0.05, 0.1) is 5.41 Å². The molecule has 16 heavy (non-hydrogen) atoms. The fraction of sp³-hybridized carbons (Fsp3) is 0.500. The summed E-state index contributed by atoms with van der Waals surface area (Å²) in [4.78, 5) is 11.1. The van der Waals surface area contributed by atoms with E-state index in [1.165, 1.54) is 0 Å². The van der Waals surface area contributed by atoms with E-state index in [9.17, 15) is 4.79 Å². The number of carboxylic acid groups (broad SMARTS) is 1.